The van der Waals surface area contributed by atoms with Crippen LogP contribution in [0.4, 0.5) is 5.88 Å². The lowest BCUT2D eigenvalue weighted by atomic mass is 10.1. The summed E-state index contributed by atoms with van der Waals surface area (Å²) in [4.78, 5) is 17.0. The van der Waals surface area contributed by atoms with E-state index in [1.165, 1.54) is 0 Å². The van der Waals surface area contributed by atoms with Crippen LogP contribution in [0.15, 0.2) is 10.6 Å². The monoisotopic (exact) mass is 336 g/mol. The second kappa shape index (κ2) is 7.63. The minimum absolute atomic E-state index is 0.0400. The summed E-state index contributed by atoms with van der Waals surface area (Å²) < 4.78 is 10.9. The number of carbonyl (C=O) groups is 1. The molecule has 1 N–H and O–H groups in total. The molecular formula is C17H28N4O3. The quantitative estimate of drug-likeness (QED) is 0.878. The zero-order valence-corrected chi connectivity index (χ0v) is 14.8. The highest BCUT2D eigenvalue weighted by molar-refractivity contribution is 5.91. The number of ether oxygens (including phenoxy) is 1. The van der Waals surface area contributed by atoms with Crippen LogP contribution >= 0.6 is 0 Å². The summed E-state index contributed by atoms with van der Waals surface area (Å²) in [6.45, 7) is 10.4. The molecule has 1 aromatic rings. The SMILES string of the molecule is Cc1cc(NC(=O)CN2CCC[C@@H]2CN2C[C@@H](C)O[C@H](C)C2)on1. The average molecular weight is 336 g/mol. The van der Waals surface area contributed by atoms with Gasteiger partial charge in [-0.25, -0.2) is 0 Å². The lowest BCUT2D eigenvalue weighted by molar-refractivity contribution is -0.118. The van der Waals surface area contributed by atoms with Crippen LogP contribution in [0, 0.1) is 6.92 Å². The molecule has 0 aromatic carbocycles. The van der Waals surface area contributed by atoms with Gasteiger partial charge in [-0.15, -0.1) is 0 Å². The first-order valence-corrected chi connectivity index (χ1v) is 8.84. The van der Waals surface area contributed by atoms with Crippen LogP contribution in [-0.2, 0) is 9.53 Å². The normalized spacial score (nSPS) is 29.0. The molecule has 7 nitrogen and oxygen atoms in total. The van der Waals surface area contributed by atoms with Crippen molar-refractivity contribution < 1.29 is 14.1 Å². The van der Waals surface area contributed by atoms with E-state index in [0.29, 0.717) is 18.5 Å². The number of amides is 1. The minimum atomic E-state index is -0.0400. The van der Waals surface area contributed by atoms with Crippen molar-refractivity contribution in [3.8, 4) is 0 Å². The highest BCUT2D eigenvalue weighted by atomic mass is 16.5. The molecule has 3 atom stereocenters. The van der Waals surface area contributed by atoms with E-state index in [4.69, 9.17) is 9.26 Å². The molecule has 2 aliphatic rings. The van der Waals surface area contributed by atoms with Crippen molar-refractivity contribution in [3.05, 3.63) is 11.8 Å². The van der Waals surface area contributed by atoms with Crippen molar-refractivity contribution in [2.45, 2.75) is 51.9 Å². The van der Waals surface area contributed by atoms with Gasteiger partial charge in [-0.1, -0.05) is 5.16 Å². The fraction of sp³-hybridized carbons (Fsp3) is 0.765. The number of aromatic nitrogens is 1. The van der Waals surface area contributed by atoms with Gasteiger partial charge in [0.25, 0.3) is 0 Å². The highest BCUT2D eigenvalue weighted by Gasteiger charge is 2.30. The molecule has 134 valence electrons. The van der Waals surface area contributed by atoms with E-state index < -0.39 is 0 Å². The first-order valence-electron chi connectivity index (χ1n) is 8.84. The molecule has 3 rings (SSSR count). The fourth-order valence-electron chi connectivity index (χ4n) is 3.83. The molecule has 0 bridgehead atoms. The van der Waals surface area contributed by atoms with Gasteiger partial charge in [-0.3, -0.25) is 19.9 Å². The maximum absolute atomic E-state index is 12.2. The topological polar surface area (TPSA) is 70.8 Å². The molecule has 3 heterocycles. The highest BCUT2D eigenvalue weighted by Crippen LogP contribution is 2.20. The van der Waals surface area contributed by atoms with Crippen LogP contribution in [-0.4, -0.2) is 71.8 Å². The van der Waals surface area contributed by atoms with Crippen LogP contribution in [0.5, 0.6) is 0 Å². The molecule has 0 saturated carbocycles. The summed E-state index contributed by atoms with van der Waals surface area (Å²) in [5.74, 6) is 0.380. The first-order chi connectivity index (χ1) is 11.5. The van der Waals surface area contributed by atoms with Gasteiger partial charge in [-0.2, -0.15) is 0 Å². The number of aryl methyl sites for hydroxylation is 1. The van der Waals surface area contributed by atoms with Crippen molar-refractivity contribution >= 4 is 11.8 Å². The number of hydrogen-bond donors (Lipinski definition) is 1. The van der Waals surface area contributed by atoms with Crippen molar-refractivity contribution in [2.24, 2.45) is 0 Å². The maximum atomic E-state index is 12.2. The largest absolute Gasteiger partial charge is 0.373 e. The number of hydrogen-bond acceptors (Lipinski definition) is 6. The number of likely N-dealkylation sites (tertiary alicyclic amines) is 1. The lowest BCUT2D eigenvalue weighted by Crippen LogP contribution is -2.50. The molecule has 2 saturated heterocycles. The molecule has 7 heteroatoms. The van der Waals surface area contributed by atoms with Gasteiger partial charge in [0.1, 0.15) is 0 Å². The van der Waals surface area contributed by atoms with E-state index in [1.54, 1.807) is 6.07 Å². The molecule has 24 heavy (non-hydrogen) atoms. The van der Waals surface area contributed by atoms with Gasteiger partial charge in [0.2, 0.25) is 11.8 Å². The predicted octanol–water partition coefficient (Wildman–Crippen LogP) is 1.50. The van der Waals surface area contributed by atoms with Gasteiger partial charge in [0, 0.05) is 31.7 Å². The summed E-state index contributed by atoms with van der Waals surface area (Å²) in [7, 11) is 0. The van der Waals surface area contributed by atoms with Crippen LogP contribution in [0.25, 0.3) is 0 Å². The maximum Gasteiger partial charge on any atom is 0.240 e. The standard InChI is InChI=1S/C17H28N4O3/c1-12-7-17(24-19-12)18-16(22)11-21-6-4-5-15(21)10-20-8-13(2)23-14(3)9-20/h7,13-15H,4-6,8-11H2,1-3H3,(H,18,22)/t13-,14-,15-/m1/s1. The third-order valence-electron chi connectivity index (χ3n) is 4.70. The zero-order chi connectivity index (χ0) is 17.1. The molecular weight excluding hydrogens is 308 g/mol. The number of nitrogens with zero attached hydrogens (tertiary/aromatic N) is 3. The molecule has 2 fully saturated rings. The number of rotatable bonds is 5. The van der Waals surface area contributed by atoms with Gasteiger partial charge >= 0.3 is 0 Å². The third kappa shape index (κ3) is 4.55. The van der Waals surface area contributed by atoms with Gasteiger partial charge in [0.15, 0.2) is 0 Å². The van der Waals surface area contributed by atoms with Crippen molar-refractivity contribution in [3.63, 3.8) is 0 Å². The van der Waals surface area contributed by atoms with Crippen molar-refractivity contribution in [2.75, 3.05) is 38.0 Å². The fourth-order valence-corrected chi connectivity index (χ4v) is 3.83. The van der Waals surface area contributed by atoms with Crippen molar-refractivity contribution in [1.29, 1.82) is 0 Å². The first kappa shape index (κ1) is 17.4. The number of anilines is 1. The summed E-state index contributed by atoms with van der Waals surface area (Å²) in [6, 6.07) is 2.17. The van der Waals surface area contributed by atoms with E-state index in [2.05, 4.69) is 34.1 Å². The second-order valence-electron chi connectivity index (χ2n) is 7.12. The molecule has 1 amide bonds. The molecule has 0 radical (unpaired) electrons. The average Bonchev–Trinajstić information content (AvgIpc) is 3.07. The Hall–Kier alpha value is -1.44. The Morgan fingerprint density at radius 2 is 2.12 bits per heavy atom. The van der Waals surface area contributed by atoms with Crippen molar-refractivity contribution in [1.82, 2.24) is 15.0 Å². The number of nitrogens with one attached hydrogen (secondary N) is 1. The summed E-state index contributed by atoms with van der Waals surface area (Å²) >= 11 is 0. The molecule has 0 unspecified atom stereocenters. The molecule has 0 aliphatic carbocycles. The summed E-state index contributed by atoms with van der Waals surface area (Å²) in [5, 5.41) is 6.57. The Labute approximate surface area is 143 Å². The van der Waals surface area contributed by atoms with Crippen LogP contribution in [0.2, 0.25) is 0 Å². The van der Waals surface area contributed by atoms with Gasteiger partial charge < -0.3 is 9.26 Å². The van der Waals surface area contributed by atoms with Gasteiger partial charge in [-0.05, 0) is 40.2 Å². The van der Waals surface area contributed by atoms with E-state index in [9.17, 15) is 4.79 Å². The summed E-state index contributed by atoms with van der Waals surface area (Å²) in [6.07, 6.45) is 2.85. The summed E-state index contributed by atoms with van der Waals surface area (Å²) in [5.41, 5.74) is 0.764. The van der Waals surface area contributed by atoms with E-state index in [1.807, 2.05) is 6.92 Å². The molecule has 1 aromatic heterocycles. The van der Waals surface area contributed by atoms with E-state index in [-0.39, 0.29) is 18.1 Å². The van der Waals surface area contributed by atoms with E-state index in [0.717, 1.165) is 44.7 Å². The Kier molecular flexibility index (Phi) is 5.53. The Bertz CT molecular complexity index is 552. The van der Waals surface area contributed by atoms with Crippen LogP contribution < -0.4 is 5.32 Å². The number of morpholine rings is 1. The van der Waals surface area contributed by atoms with Crippen LogP contribution in [0.1, 0.15) is 32.4 Å². The zero-order valence-electron chi connectivity index (χ0n) is 14.8. The predicted molar refractivity (Wildman–Crippen MR) is 90.9 cm³/mol. The van der Waals surface area contributed by atoms with E-state index >= 15 is 0 Å². The van der Waals surface area contributed by atoms with Gasteiger partial charge in [0.05, 0.1) is 24.4 Å². The molecule has 0 spiro atoms. The van der Waals surface area contributed by atoms with Crippen LogP contribution in [0.3, 0.4) is 0 Å². The Morgan fingerprint density at radius 3 is 2.79 bits per heavy atom. The number of carbonyl (C=O) groups excluding carboxylic acids is 1. The third-order valence-corrected chi connectivity index (χ3v) is 4.70. The smallest absolute Gasteiger partial charge is 0.240 e. The second-order valence-corrected chi connectivity index (χ2v) is 7.12. The Balaban J connectivity index is 1.50. The molecule has 2 aliphatic heterocycles. The lowest BCUT2D eigenvalue weighted by Gasteiger charge is -2.38. The Morgan fingerprint density at radius 1 is 1.38 bits per heavy atom. The minimum Gasteiger partial charge on any atom is -0.373 e.